The second kappa shape index (κ2) is 7.67. The standard InChI is InChI=1S/C19H23NS/c1-3-7-16(8-4-1)19(17-11-13-20-14-12-17)15-21-18-9-5-2-6-10-18/h1-10,17,19-20H,11-15H2. The number of thioether (sulfide) groups is 1. The summed E-state index contributed by atoms with van der Waals surface area (Å²) in [5, 5.41) is 3.49. The Balaban J connectivity index is 1.72. The number of piperidine rings is 1. The molecule has 1 aliphatic rings. The molecule has 1 N–H and O–H groups in total. The first-order valence-corrected chi connectivity index (χ1v) is 8.85. The topological polar surface area (TPSA) is 12.0 Å². The van der Waals surface area contributed by atoms with Crippen LogP contribution < -0.4 is 5.32 Å². The smallest absolute Gasteiger partial charge is 0.00721 e. The number of benzene rings is 2. The van der Waals surface area contributed by atoms with Crippen molar-refractivity contribution in [1.82, 2.24) is 5.32 Å². The van der Waals surface area contributed by atoms with Crippen molar-refractivity contribution < 1.29 is 0 Å². The van der Waals surface area contributed by atoms with E-state index in [2.05, 4.69) is 66.0 Å². The second-order valence-electron chi connectivity index (χ2n) is 5.73. The second-order valence-corrected chi connectivity index (χ2v) is 6.82. The average molecular weight is 297 g/mol. The molecule has 110 valence electrons. The lowest BCUT2D eigenvalue weighted by Crippen LogP contribution is -2.31. The molecule has 1 aliphatic heterocycles. The maximum absolute atomic E-state index is 3.49. The Morgan fingerprint density at radius 2 is 1.52 bits per heavy atom. The lowest BCUT2D eigenvalue weighted by Gasteiger charge is -2.31. The molecule has 1 unspecified atom stereocenters. The van der Waals surface area contributed by atoms with Gasteiger partial charge in [0.25, 0.3) is 0 Å². The summed E-state index contributed by atoms with van der Waals surface area (Å²) < 4.78 is 0. The molecule has 2 aromatic rings. The maximum atomic E-state index is 3.49. The fourth-order valence-electron chi connectivity index (χ4n) is 3.15. The molecule has 1 heterocycles. The van der Waals surface area contributed by atoms with E-state index in [9.17, 15) is 0 Å². The Kier molecular flexibility index (Phi) is 5.36. The van der Waals surface area contributed by atoms with Crippen LogP contribution in [0.15, 0.2) is 65.6 Å². The van der Waals surface area contributed by atoms with Gasteiger partial charge in [-0.15, -0.1) is 11.8 Å². The molecule has 0 saturated carbocycles. The number of rotatable bonds is 5. The van der Waals surface area contributed by atoms with E-state index in [1.54, 1.807) is 0 Å². The number of nitrogens with one attached hydrogen (secondary N) is 1. The van der Waals surface area contributed by atoms with Crippen molar-refractivity contribution in [3.8, 4) is 0 Å². The van der Waals surface area contributed by atoms with Crippen LogP contribution in [-0.4, -0.2) is 18.8 Å². The van der Waals surface area contributed by atoms with Crippen LogP contribution in [0.4, 0.5) is 0 Å². The zero-order valence-electron chi connectivity index (χ0n) is 12.4. The minimum absolute atomic E-state index is 0.665. The van der Waals surface area contributed by atoms with E-state index in [4.69, 9.17) is 0 Å². The van der Waals surface area contributed by atoms with Gasteiger partial charge in [0.2, 0.25) is 0 Å². The van der Waals surface area contributed by atoms with E-state index in [0.717, 1.165) is 5.92 Å². The largest absolute Gasteiger partial charge is 0.317 e. The van der Waals surface area contributed by atoms with Gasteiger partial charge >= 0.3 is 0 Å². The fourth-order valence-corrected chi connectivity index (χ4v) is 4.34. The van der Waals surface area contributed by atoms with Crippen molar-refractivity contribution in [3.05, 3.63) is 66.2 Å². The molecule has 3 rings (SSSR count). The Morgan fingerprint density at radius 1 is 0.905 bits per heavy atom. The van der Waals surface area contributed by atoms with E-state index < -0.39 is 0 Å². The summed E-state index contributed by atoms with van der Waals surface area (Å²) in [5.74, 6) is 2.65. The molecular weight excluding hydrogens is 274 g/mol. The first-order valence-electron chi connectivity index (χ1n) is 7.87. The van der Waals surface area contributed by atoms with E-state index in [-0.39, 0.29) is 0 Å². The van der Waals surface area contributed by atoms with Crippen LogP contribution in [-0.2, 0) is 0 Å². The quantitative estimate of drug-likeness (QED) is 0.812. The Labute approximate surface area is 132 Å². The normalized spacial score (nSPS) is 17.5. The monoisotopic (exact) mass is 297 g/mol. The van der Waals surface area contributed by atoms with Gasteiger partial charge < -0.3 is 5.32 Å². The third-order valence-electron chi connectivity index (χ3n) is 4.35. The van der Waals surface area contributed by atoms with Gasteiger partial charge in [-0.05, 0) is 55.5 Å². The summed E-state index contributed by atoms with van der Waals surface area (Å²) in [7, 11) is 0. The maximum Gasteiger partial charge on any atom is 0.00721 e. The van der Waals surface area contributed by atoms with Gasteiger partial charge in [-0.2, -0.15) is 0 Å². The fraction of sp³-hybridized carbons (Fsp3) is 0.368. The van der Waals surface area contributed by atoms with Crippen LogP contribution in [0.3, 0.4) is 0 Å². The average Bonchev–Trinajstić information content (AvgIpc) is 2.58. The minimum Gasteiger partial charge on any atom is -0.317 e. The molecule has 21 heavy (non-hydrogen) atoms. The number of hydrogen-bond acceptors (Lipinski definition) is 2. The number of hydrogen-bond donors (Lipinski definition) is 1. The van der Waals surface area contributed by atoms with Crippen LogP contribution in [0.25, 0.3) is 0 Å². The van der Waals surface area contributed by atoms with Crippen LogP contribution in [0, 0.1) is 5.92 Å². The van der Waals surface area contributed by atoms with E-state index >= 15 is 0 Å². The summed E-state index contributed by atoms with van der Waals surface area (Å²) in [6.45, 7) is 2.34. The molecular formula is C19H23NS. The van der Waals surface area contributed by atoms with E-state index in [1.165, 1.54) is 42.1 Å². The van der Waals surface area contributed by atoms with Gasteiger partial charge in [-0.25, -0.2) is 0 Å². The molecule has 0 bridgehead atoms. The minimum atomic E-state index is 0.665. The van der Waals surface area contributed by atoms with Gasteiger partial charge in [0.15, 0.2) is 0 Å². The Morgan fingerprint density at radius 3 is 2.19 bits per heavy atom. The lowest BCUT2D eigenvalue weighted by molar-refractivity contribution is 0.333. The summed E-state index contributed by atoms with van der Waals surface area (Å²) in [6, 6.07) is 21.9. The zero-order chi connectivity index (χ0) is 14.3. The third-order valence-corrected chi connectivity index (χ3v) is 5.48. The van der Waals surface area contributed by atoms with Crippen LogP contribution in [0.1, 0.15) is 24.3 Å². The van der Waals surface area contributed by atoms with E-state index in [1.807, 2.05) is 11.8 Å². The summed E-state index contributed by atoms with van der Waals surface area (Å²) in [6.07, 6.45) is 2.60. The van der Waals surface area contributed by atoms with Crippen LogP contribution in [0.2, 0.25) is 0 Å². The van der Waals surface area contributed by atoms with Crippen LogP contribution >= 0.6 is 11.8 Å². The predicted molar refractivity (Wildman–Crippen MR) is 91.9 cm³/mol. The first-order chi connectivity index (χ1) is 10.4. The van der Waals surface area contributed by atoms with Crippen molar-refractivity contribution >= 4 is 11.8 Å². The molecule has 0 radical (unpaired) electrons. The van der Waals surface area contributed by atoms with E-state index in [0.29, 0.717) is 5.92 Å². The van der Waals surface area contributed by atoms with Crippen molar-refractivity contribution in [3.63, 3.8) is 0 Å². The highest BCUT2D eigenvalue weighted by molar-refractivity contribution is 7.99. The highest BCUT2D eigenvalue weighted by Gasteiger charge is 2.24. The third kappa shape index (κ3) is 4.12. The summed E-state index contributed by atoms with van der Waals surface area (Å²) in [5.41, 5.74) is 1.51. The SMILES string of the molecule is c1ccc(SCC(c2ccccc2)C2CCNCC2)cc1. The first kappa shape index (κ1) is 14.7. The van der Waals surface area contributed by atoms with Crippen LogP contribution in [0.5, 0.6) is 0 Å². The van der Waals surface area contributed by atoms with Gasteiger partial charge in [0.1, 0.15) is 0 Å². The highest BCUT2D eigenvalue weighted by atomic mass is 32.2. The molecule has 1 saturated heterocycles. The molecule has 0 aliphatic carbocycles. The van der Waals surface area contributed by atoms with Gasteiger partial charge in [-0.1, -0.05) is 48.5 Å². The summed E-state index contributed by atoms with van der Waals surface area (Å²) >= 11 is 2.00. The van der Waals surface area contributed by atoms with Gasteiger partial charge in [0.05, 0.1) is 0 Å². The molecule has 0 aromatic heterocycles. The highest BCUT2D eigenvalue weighted by Crippen LogP contribution is 2.35. The predicted octanol–water partition coefficient (Wildman–Crippen LogP) is 4.56. The van der Waals surface area contributed by atoms with Crippen molar-refractivity contribution in [1.29, 1.82) is 0 Å². The van der Waals surface area contributed by atoms with Crippen molar-refractivity contribution in [2.24, 2.45) is 5.92 Å². The molecule has 1 fully saturated rings. The lowest BCUT2D eigenvalue weighted by atomic mass is 9.81. The Bertz CT molecular complexity index is 520. The zero-order valence-corrected chi connectivity index (χ0v) is 13.2. The Hall–Kier alpha value is -1.25. The summed E-state index contributed by atoms with van der Waals surface area (Å²) in [4.78, 5) is 1.38. The van der Waals surface area contributed by atoms with Gasteiger partial charge in [0, 0.05) is 10.6 Å². The molecule has 0 amide bonds. The van der Waals surface area contributed by atoms with Crippen molar-refractivity contribution in [2.45, 2.75) is 23.7 Å². The molecule has 1 nitrogen and oxygen atoms in total. The molecule has 2 aromatic carbocycles. The molecule has 0 spiro atoms. The molecule has 2 heteroatoms. The van der Waals surface area contributed by atoms with Crippen molar-refractivity contribution in [2.75, 3.05) is 18.8 Å². The van der Waals surface area contributed by atoms with Gasteiger partial charge in [-0.3, -0.25) is 0 Å². The molecule has 1 atom stereocenters.